The first-order chi connectivity index (χ1) is 20.2. The van der Waals surface area contributed by atoms with Crippen LogP contribution in [0.15, 0.2) is 0 Å². The molecule has 0 aliphatic carbocycles. The van der Waals surface area contributed by atoms with Gasteiger partial charge in [-0.05, 0) is 6.42 Å². The average Bonchev–Trinajstić information content (AvgIpc) is 2.91. The third-order valence-electron chi connectivity index (χ3n) is 6.96. The molecular formula is C26H35F17O2. The Kier molecular flexibility index (Phi) is 15.8. The zero-order chi connectivity index (χ0) is 35.6. The highest BCUT2D eigenvalue weighted by Gasteiger charge is 2.95. The summed E-state index contributed by atoms with van der Waals surface area (Å²) in [6.07, 6.45) is 4.62. The molecular weight excluding hydrogens is 667 g/mol. The van der Waals surface area contributed by atoms with Crippen LogP contribution in [0.25, 0.3) is 0 Å². The summed E-state index contributed by atoms with van der Waals surface area (Å²) >= 11 is 0. The van der Waals surface area contributed by atoms with Crippen molar-refractivity contribution in [2.45, 2.75) is 151 Å². The second-order valence-electron chi connectivity index (χ2n) is 10.6. The highest BCUT2D eigenvalue weighted by molar-refractivity contribution is 5.79. The zero-order valence-electron chi connectivity index (χ0n) is 24.1. The molecule has 0 unspecified atom stereocenters. The molecule has 19 heteroatoms. The Balaban J connectivity index is 5.01. The molecule has 0 aromatic carbocycles. The lowest BCUT2D eigenvalue weighted by molar-refractivity contribution is -0.460. The molecule has 0 spiro atoms. The van der Waals surface area contributed by atoms with E-state index in [1.807, 2.05) is 0 Å². The van der Waals surface area contributed by atoms with Crippen LogP contribution in [0.5, 0.6) is 0 Å². The van der Waals surface area contributed by atoms with E-state index in [1.54, 1.807) is 0 Å². The molecule has 45 heavy (non-hydrogen) atoms. The van der Waals surface area contributed by atoms with Crippen LogP contribution in [0.1, 0.15) is 103 Å². The Morgan fingerprint density at radius 1 is 0.400 bits per heavy atom. The van der Waals surface area contributed by atoms with E-state index in [9.17, 15) is 79.4 Å². The number of hydrogen-bond acceptors (Lipinski definition) is 2. The Morgan fingerprint density at radius 2 is 0.667 bits per heavy atom. The number of halogens is 17. The normalized spacial score (nSPS) is 14.6. The highest BCUT2D eigenvalue weighted by Crippen LogP contribution is 2.64. The second-order valence-corrected chi connectivity index (χ2v) is 10.6. The fourth-order valence-corrected chi connectivity index (χ4v) is 4.02. The minimum Gasteiger partial charge on any atom is -0.461 e. The van der Waals surface area contributed by atoms with Crippen molar-refractivity contribution in [2.24, 2.45) is 0 Å². The van der Waals surface area contributed by atoms with Crippen molar-refractivity contribution in [3.63, 3.8) is 0 Å². The van der Waals surface area contributed by atoms with Gasteiger partial charge in [-0.3, -0.25) is 0 Å². The predicted octanol–water partition coefficient (Wildman–Crippen LogP) is 11.4. The third-order valence-corrected chi connectivity index (χ3v) is 6.96. The third kappa shape index (κ3) is 9.43. The Labute approximate surface area is 248 Å². The summed E-state index contributed by atoms with van der Waals surface area (Å²) in [7, 11) is 0. The van der Waals surface area contributed by atoms with E-state index in [2.05, 4.69) is 11.7 Å². The van der Waals surface area contributed by atoms with Crippen LogP contribution >= 0.6 is 0 Å². The summed E-state index contributed by atoms with van der Waals surface area (Å²) in [6.45, 7) is 0.919. The minimum absolute atomic E-state index is 0.107. The fraction of sp³-hybridized carbons (Fsp3) is 0.962. The molecule has 0 heterocycles. The van der Waals surface area contributed by atoms with Gasteiger partial charge < -0.3 is 4.74 Å². The van der Waals surface area contributed by atoms with Crippen molar-refractivity contribution in [3.8, 4) is 0 Å². The Bertz CT molecular complexity index is 885. The summed E-state index contributed by atoms with van der Waals surface area (Å²) in [4.78, 5) is 11.3. The maximum atomic E-state index is 13.8. The van der Waals surface area contributed by atoms with Crippen LogP contribution in [0.4, 0.5) is 74.6 Å². The summed E-state index contributed by atoms with van der Waals surface area (Å²) in [5, 5.41) is 0. The molecule has 2 nitrogen and oxygen atoms in total. The molecule has 0 rings (SSSR count). The quantitative estimate of drug-likeness (QED) is 0.0602. The molecule has 270 valence electrons. The van der Waals surface area contributed by atoms with Crippen LogP contribution in [0, 0.1) is 0 Å². The second kappa shape index (κ2) is 16.4. The number of esters is 1. The summed E-state index contributed by atoms with van der Waals surface area (Å²) in [5.74, 6) is -61.7. The number of ether oxygens (including phenoxy) is 1. The molecule has 0 aliphatic rings. The SMILES string of the molecule is CCCCCCCCCCCCCCCCCOC(=O)C(F)(F)C(F)(F)C(F)(F)C(F)(F)C(F)(F)C(F)(F)C(F)(F)C(F)(F)F. The Morgan fingerprint density at radius 3 is 0.978 bits per heavy atom. The zero-order valence-corrected chi connectivity index (χ0v) is 24.1. The van der Waals surface area contributed by atoms with Crippen LogP contribution in [0.2, 0.25) is 0 Å². The molecule has 0 N–H and O–H groups in total. The van der Waals surface area contributed by atoms with Crippen molar-refractivity contribution >= 4 is 5.97 Å². The number of hydrogen-bond donors (Lipinski definition) is 0. The van der Waals surface area contributed by atoms with Crippen molar-refractivity contribution in [1.29, 1.82) is 0 Å². The molecule has 0 saturated heterocycles. The van der Waals surface area contributed by atoms with E-state index >= 15 is 0 Å². The van der Waals surface area contributed by atoms with Gasteiger partial charge in [-0.2, -0.15) is 74.6 Å². The number of carbonyl (C=O) groups is 1. The van der Waals surface area contributed by atoms with E-state index in [0.717, 1.165) is 51.4 Å². The molecule has 0 bridgehead atoms. The van der Waals surface area contributed by atoms with E-state index < -0.39 is 60.2 Å². The van der Waals surface area contributed by atoms with Crippen LogP contribution in [0.3, 0.4) is 0 Å². The molecule has 0 aliphatic heterocycles. The van der Waals surface area contributed by atoms with E-state index in [4.69, 9.17) is 0 Å². The van der Waals surface area contributed by atoms with Crippen molar-refractivity contribution in [3.05, 3.63) is 0 Å². The number of carbonyl (C=O) groups excluding carboxylic acids is 1. The van der Waals surface area contributed by atoms with Crippen molar-refractivity contribution < 1.29 is 84.2 Å². The van der Waals surface area contributed by atoms with Crippen LogP contribution in [-0.4, -0.2) is 60.2 Å². The maximum Gasteiger partial charge on any atom is 0.460 e. The fourth-order valence-electron chi connectivity index (χ4n) is 4.02. The van der Waals surface area contributed by atoms with Gasteiger partial charge in [0.05, 0.1) is 6.61 Å². The molecule has 0 amide bonds. The minimum atomic E-state index is -8.74. The van der Waals surface area contributed by atoms with Crippen molar-refractivity contribution in [2.75, 3.05) is 6.61 Å². The Hall–Kier alpha value is -1.72. The monoisotopic (exact) mass is 702 g/mol. The van der Waals surface area contributed by atoms with Gasteiger partial charge >= 0.3 is 53.6 Å². The predicted molar refractivity (Wildman–Crippen MR) is 127 cm³/mol. The maximum absolute atomic E-state index is 13.8. The first-order valence-corrected chi connectivity index (χ1v) is 14.1. The van der Waals surface area contributed by atoms with E-state index in [-0.39, 0.29) is 12.8 Å². The first kappa shape index (κ1) is 43.3. The molecule has 0 aromatic rings. The molecule has 0 atom stereocenters. The molecule has 0 radical (unpaired) electrons. The largest absolute Gasteiger partial charge is 0.461 e. The number of alkyl halides is 17. The summed E-state index contributed by atoms with van der Waals surface area (Å²) in [5.41, 5.74) is 0. The van der Waals surface area contributed by atoms with Gasteiger partial charge in [0, 0.05) is 0 Å². The van der Waals surface area contributed by atoms with Gasteiger partial charge in [-0.15, -0.1) is 0 Å². The lowest BCUT2D eigenvalue weighted by Crippen LogP contribution is -2.75. The molecule has 0 saturated carbocycles. The number of rotatable bonds is 23. The topological polar surface area (TPSA) is 26.3 Å². The smallest absolute Gasteiger partial charge is 0.460 e. The van der Waals surface area contributed by atoms with E-state index in [1.165, 1.54) is 19.3 Å². The van der Waals surface area contributed by atoms with Crippen LogP contribution < -0.4 is 0 Å². The first-order valence-electron chi connectivity index (χ1n) is 14.1. The number of unbranched alkanes of at least 4 members (excludes halogenated alkanes) is 14. The van der Waals surface area contributed by atoms with Gasteiger partial charge in [0.25, 0.3) is 0 Å². The standard InChI is InChI=1S/C26H35F17O2/c1-2-3-4-5-6-7-8-9-10-11-12-13-14-15-16-17-45-18(44)19(27,28)20(29,30)21(31,32)22(33,34)23(35,36)24(37,38)25(39,40)26(41,42)43/h2-17H2,1H3. The van der Waals surface area contributed by atoms with E-state index in [0.29, 0.717) is 12.8 Å². The lowest BCUT2D eigenvalue weighted by atomic mass is 9.89. The summed E-state index contributed by atoms with van der Waals surface area (Å²) < 4.78 is 229. The molecule has 0 aromatic heterocycles. The van der Waals surface area contributed by atoms with Gasteiger partial charge in [-0.25, -0.2) is 4.79 Å². The highest BCUT2D eigenvalue weighted by atomic mass is 19.4. The van der Waals surface area contributed by atoms with Gasteiger partial charge in [0.1, 0.15) is 0 Å². The summed E-state index contributed by atoms with van der Waals surface area (Å²) in [6, 6.07) is 0. The average molecular weight is 703 g/mol. The van der Waals surface area contributed by atoms with Crippen molar-refractivity contribution in [1.82, 2.24) is 0 Å². The van der Waals surface area contributed by atoms with Crippen LogP contribution in [-0.2, 0) is 9.53 Å². The van der Waals surface area contributed by atoms with Gasteiger partial charge in [-0.1, -0.05) is 96.8 Å². The lowest BCUT2D eigenvalue weighted by Gasteiger charge is -2.42. The van der Waals surface area contributed by atoms with Gasteiger partial charge in [0.15, 0.2) is 0 Å². The van der Waals surface area contributed by atoms with Gasteiger partial charge in [0.2, 0.25) is 0 Å². The molecule has 0 fully saturated rings.